The van der Waals surface area contributed by atoms with E-state index >= 15 is 0 Å². The number of benzene rings is 1. The molecule has 0 aliphatic heterocycles. The number of hydrogen-bond acceptors (Lipinski definition) is 5. The number of nitrogens with zero attached hydrogens (tertiary/aromatic N) is 3. The molecule has 0 radical (unpaired) electrons. The van der Waals surface area contributed by atoms with Crippen LogP contribution in [0.4, 0.5) is 11.9 Å². The van der Waals surface area contributed by atoms with Crippen molar-refractivity contribution in [3.05, 3.63) is 40.7 Å². The van der Waals surface area contributed by atoms with E-state index in [0.717, 1.165) is 19.3 Å². The summed E-state index contributed by atoms with van der Waals surface area (Å²) in [4.78, 5) is 12.6. The number of nitrogens with one attached hydrogen (secondary N) is 1. The van der Waals surface area contributed by atoms with Crippen molar-refractivity contribution in [3.8, 4) is 0 Å². The zero-order valence-electron chi connectivity index (χ0n) is 12.8. The minimum atomic E-state index is -0.152. The summed E-state index contributed by atoms with van der Waals surface area (Å²) in [6.45, 7) is 6.20. The second kappa shape index (κ2) is 4.98. The average Bonchev–Trinajstić information content (AvgIpc) is 2.74. The van der Waals surface area contributed by atoms with E-state index in [1.807, 2.05) is 6.92 Å². The molecule has 1 aliphatic carbocycles. The molecule has 0 saturated heterocycles. The standard InChI is InChI=1S/C16H21N5/c1-4-11-5-6-12-7-8-16(3,13(12)9-11)21-15-19-10(2)18-14(17)20-15/h5-6,9H,4,7-8H2,1-3H3,(H3,17,18,19,20,21)/t16-/m1/s1. The largest absolute Gasteiger partial charge is 0.368 e. The van der Waals surface area contributed by atoms with Crippen molar-refractivity contribution in [1.29, 1.82) is 0 Å². The Kier molecular flexibility index (Phi) is 3.27. The number of hydrogen-bond donors (Lipinski definition) is 2. The number of anilines is 2. The summed E-state index contributed by atoms with van der Waals surface area (Å²) in [6, 6.07) is 6.76. The Balaban J connectivity index is 1.96. The maximum atomic E-state index is 5.71. The lowest BCUT2D eigenvalue weighted by molar-refractivity contribution is 0.533. The highest BCUT2D eigenvalue weighted by Gasteiger charge is 2.35. The summed E-state index contributed by atoms with van der Waals surface area (Å²) >= 11 is 0. The normalized spacial score (nSPS) is 20.3. The molecule has 0 bridgehead atoms. The van der Waals surface area contributed by atoms with Crippen molar-refractivity contribution >= 4 is 11.9 Å². The van der Waals surface area contributed by atoms with Crippen LogP contribution in [0, 0.1) is 6.92 Å². The fraction of sp³-hybridized carbons (Fsp3) is 0.438. The lowest BCUT2D eigenvalue weighted by Crippen LogP contribution is -2.30. The zero-order chi connectivity index (χ0) is 15.0. The van der Waals surface area contributed by atoms with Crippen molar-refractivity contribution in [3.63, 3.8) is 0 Å². The first-order valence-electron chi connectivity index (χ1n) is 7.39. The quantitative estimate of drug-likeness (QED) is 0.905. The Morgan fingerprint density at radius 1 is 1.29 bits per heavy atom. The van der Waals surface area contributed by atoms with Crippen LogP contribution in [0.15, 0.2) is 18.2 Å². The van der Waals surface area contributed by atoms with Gasteiger partial charge in [0.25, 0.3) is 0 Å². The monoisotopic (exact) mass is 283 g/mol. The fourth-order valence-corrected chi connectivity index (χ4v) is 3.03. The number of nitrogen functional groups attached to an aromatic ring is 1. The van der Waals surface area contributed by atoms with E-state index in [0.29, 0.717) is 11.8 Å². The number of rotatable bonds is 3. The molecule has 0 fully saturated rings. The zero-order valence-corrected chi connectivity index (χ0v) is 12.8. The third kappa shape index (κ3) is 2.55. The highest BCUT2D eigenvalue weighted by molar-refractivity contribution is 5.47. The molecule has 21 heavy (non-hydrogen) atoms. The molecule has 0 amide bonds. The van der Waals surface area contributed by atoms with E-state index in [-0.39, 0.29) is 11.5 Å². The molecule has 0 saturated carbocycles. The van der Waals surface area contributed by atoms with Gasteiger partial charge >= 0.3 is 0 Å². The van der Waals surface area contributed by atoms with Crippen molar-refractivity contribution < 1.29 is 0 Å². The molecule has 2 aromatic rings. The molecule has 1 aromatic carbocycles. The Morgan fingerprint density at radius 3 is 2.81 bits per heavy atom. The maximum absolute atomic E-state index is 5.71. The maximum Gasteiger partial charge on any atom is 0.228 e. The minimum Gasteiger partial charge on any atom is -0.368 e. The van der Waals surface area contributed by atoms with Gasteiger partial charge in [-0.15, -0.1) is 0 Å². The van der Waals surface area contributed by atoms with Gasteiger partial charge in [-0.25, -0.2) is 0 Å². The van der Waals surface area contributed by atoms with Crippen LogP contribution in [0.2, 0.25) is 0 Å². The Bertz CT molecular complexity index is 662. The van der Waals surface area contributed by atoms with Gasteiger partial charge in [0.05, 0.1) is 5.54 Å². The first kappa shape index (κ1) is 13.8. The van der Waals surface area contributed by atoms with Crippen LogP contribution < -0.4 is 11.1 Å². The topological polar surface area (TPSA) is 76.7 Å². The van der Waals surface area contributed by atoms with Crippen LogP contribution in [0.3, 0.4) is 0 Å². The summed E-state index contributed by atoms with van der Waals surface area (Å²) in [7, 11) is 0. The number of aromatic nitrogens is 3. The minimum absolute atomic E-state index is 0.152. The van der Waals surface area contributed by atoms with Crippen LogP contribution >= 0.6 is 0 Å². The predicted octanol–water partition coefficient (Wildman–Crippen LogP) is 2.60. The highest BCUT2D eigenvalue weighted by Crippen LogP contribution is 2.39. The SMILES string of the molecule is CCc1ccc2c(c1)[C@](C)(Nc1nc(C)nc(N)n1)CC2. The van der Waals surface area contributed by atoms with Gasteiger partial charge < -0.3 is 11.1 Å². The van der Waals surface area contributed by atoms with Crippen LogP contribution in [-0.2, 0) is 18.4 Å². The van der Waals surface area contributed by atoms with E-state index < -0.39 is 0 Å². The molecule has 3 N–H and O–H groups in total. The van der Waals surface area contributed by atoms with Gasteiger partial charge in [-0.05, 0) is 49.8 Å². The number of nitrogens with two attached hydrogens (primary N) is 1. The molecular formula is C16H21N5. The molecule has 5 nitrogen and oxygen atoms in total. The summed E-state index contributed by atoms with van der Waals surface area (Å²) < 4.78 is 0. The molecule has 110 valence electrons. The molecule has 0 unspecified atom stereocenters. The summed E-state index contributed by atoms with van der Waals surface area (Å²) in [5.41, 5.74) is 9.67. The van der Waals surface area contributed by atoms with Crippen LogP contribution in [0.1, 0.15) is 42.8 Å². The fourth-order valence-electron chi connectivity index (χ4n) is 3.03. The van der Waals surface area contributed by atoms with E-state index in [4.69, 9.17) is 5.73 Å². The van der Waals surface area contributed by atoms with Gasteiger partial charge in [0, 0.05) is 0 Å². The van der Waals surface area contributed by atoms with Gasteiger partial charge in [0.15, 0.2) is 0 Å². The van der Waals surface area contributed by atoms with Gasteiger partial charge in [-0.3, -0.25) is 0 Å². The molecule has 1 aliphatic rings. The second-order valence-corrected chi connectivity index (χ2v) is 5.87. The third-order valence-corrected chi connectivity index (χ3v) is 4.22. The van der Waals surface area contributed by atoms with Crippen LogP contribution in [0.5, 0.6) is 0 Å². The Hall–Kier alpha value is -2.17. The predicted molar refractivity (Wildman–Crippen MR) is 84.1 cm³/mol. The van der Waals surface area contributed by atoms with Crippen molar-refractivity contribution in [1.82, 2.24) is 15.0 Å². The molecule has 3 rings (SSSR count). The first-order valence-corrected chi connectivity index (χ1v) is 7.39. The molecule has 1 heterocycles. The van der Waals surface area contributed by atoms with Gasteiger partial charge in [-0.2, -0.15) is 15.0 Å². The lowest BCUT2D eigenvalue weighted by Gasteiger charge is -2.27. The Morgan fingerprint density at radius 2 is 2.10 bits per heavy atom. The summed E-state index contributed by atoms with van der Waals surface area (Å²) in [6.07, 6.45) is 3.14. The molecule has 5 heteroatoms. The van der Waals surface area contributed by atoms with Crippen LogP contribution in [0.25, 0.3) is 0 Å². The smallest absolute Gasteiger partial charge is 0.228 e. The van der Waals surface area contributed by atoms with Crippen molar-refractivity contribution in [2.24, 2.45) is 0 Å². The second-order valence-electron chi connectivity index (χ2n) is 5.87. The molecule has 0 spiro atoms. The number of fused-ring (bicyclic) bond motifs is 1. The average molecular weight is 283 g/mol. The Labute approximate surface area is 125 Å². The first-order chi connectivity index (χ1) is 10.00. The van der Waals surface area contributed by atoms with Gasteiger partial charge in [-0.1, -0.05) is 25.1 Å². The molecule has 1 atom stereocenters. The van der Waals surface area contributed by atoms with Gasteiger partial charge in [0.1, 0.15) is 5.82 Å². The molecule has 1 aromatic heterocycles. The van der Waals surface area contributed by atoms with Crippen molar-refractivity contribution in [2.75, 3.05) is 11.1 Å². The molecular weight excluding hydrogens is 262 g/mol. The van der Waals surface area contributed by atoms with E-state index in [9.17, 15) is 0 Å². The van der Waals surface area contributed by atoms with E-state index in [1.165, 1.54) is 16.7 Å². The van der Waals surface area contributed by atoms with E-state index in [2.05, 4.69) is 52.3 Å². The van der Waals surface area contributed by atoms with E-state index in [1.54, 1.807) is 0 Å². The summed E-state index contributed by atoms with van der Waals surface area (Å²) in [5.74, 6) is 1.44. The highest BCUT2D eigenvalue weighted by atomic mass is 15.2. The van der Waals surface area contributed by atoms with Gasteiger partial charge in [0.2, 0.25) is 11.9 Å². The number of aryl methyl sites for hydroxylation is 3. The van der Waals surface area contributed by atoms with Crippen molar-refractivity contribution in [2.45, 2.75) is 45.6 Å². The van der Waals surface area contributed by atoms with Crippen LogP contribution in [-0.4, -0.2) is 15.0 Å². The lowest BCUT2D eigenvalue weighted by atomic mass is 9.92. The summed E-state index contributed by atoms with van der Waals surface area (Å²) in [5, 5.41) is 3.46. The third-order valence-electron chi connectivity index (χ3n) is 4.22.